The third-order valence-corrected chi connectivity index (χ3v) is 4.27. The third-order valence-electron chi connectivity index (χ3n) is 3.97. The predicted octanol–water partition coefficient (Wildman–Crippen LogP) is 6.40. The van der Waals surface area contributed by atoms with Crippen LogP contribution in [0.5, 0.6) is 0 Å². The Morgan fingerprint density at radius 3 is 1.77 bits per heavy atom. The van der Waals surface area contributed by atoms with Crippen molar-refractivity contribution >= 4 is 17.3 Å². The van der Waals surface area contributed by atoms with Gasteiger partial charge in [0, 0.05) is 11.1 Å². The summed E-state index contributed by atoms with van der Waals surface area (Å²) >= 11 is 6.28. The van der Waals surface area contributed by atoms with Crippen LogP contribution in [0, 0.1) is 6.92 Å². The van der Waals surface area contributed by atoms with Crippen molar-refractivity contribution in [2.24, 2.45) is 4.99 Å². The number of nitrogens with zero attached hydrogens (tertiary/aromatic N) is 1. The molecule has 0 fully saturated rings. The van der Waals surface area contributed by atoms with Gasteiger partial charge in [-0.1, -0.05) is 78.3 Å². The summed E-state index contributed by atoms with van der Waals surface area (Å²) in [6, 6.07) is 25.3. The molecular formula is C22H16ClNO2. The summed E-state index contributed by atoms with van der Waals surface area (Å²) in [6.45, 7) is 1.98. The average molecular weight is 362 g/mol. The highest BCUT2D eigenvalue weighted by Crippen LogP contribution is 2.32. The van der Waals surface area contributed by atoms with E-state index in [4.69, 9.17) is 20.4 Å². The van der Waals surface area contributed by atoms with Crippen LogP contribution in [0.15, 0.2) is 92.7 Å². The van der Waals surface area contributed by atoms with Crippen molar-refractivity contribution in [2.45, 2.75) is 6.92 Å². The highest BCUT2D eigenvalue weighted by Gasteiger charge is 2.16. The first-order valence-electron chi connectivity index (χ1n) is 8.26. The van der Waals surface area contributed by atoms with Gasteiger partial charge < -0.3 is 8.83 Å². The molecule has 0 N–H and O–H groups in total. The summed E-state index contributed by atoms with van der Waals surface area (Å²) in [5, 5.41) is 0.555. The Labute approximate surface area is 156 Å². The normalized spacial score (nSPS) is 10.7. The SMILES string of the molecule is Cc1ccc(N=c2oc(-c3ccccc3)c(-c3ccccc3)o2)c(Cl)c1. The van der Waals surface area contributed by atoms with Crippen molar-refractivity contribution in [3.63, 3.8) is 0 Å². The van der Waals surface area contributed by atoms with E-state index in [1.54, 1.807) is 0 Å². The Morgan fingerprint density at radius 1 is 0.731 bits per heavy atom. The van der Waals surface area contributed by atoms with Gasteiger partial charge in [0.1, 0.15) is 0 Å². The van der Waals surface area contributed by atoms with Crippen LogP contribution in [0.3, 0.4) is 0 Å². The maximum atomic E-state index is 6.28. The van der Waals surface area contributed by atoms with E-state index in [1.807, 2.05) is 85.8 Å². The lowest BCUT2D eigenvalue weighted by molar-refractivity contribution is 0.376. The van der Waals surface area contributed by atoms with Crippen LogP contribution in [0.1, 0.15) is 5.56 Å². The zero-order valence-electron chi connectivity index (χ0n) is 14.1. The fourth-order valence-electron chi connectivity index (χ4n) is 2.69. The maximum Gasteiger partial charge on any atom is 0.400 e. The van der Waals surface area contributed by atoms with Gasteiger partial charge in [-0.25, -0.2) is 0 Å². The molecule has 4 rings (SSSR count). The Hall–Kier alpha value is -3.04. The van der Waals surface area contributed by atoms with Crippen molar-refractivity contribution in [3.8, 4) is 22.6 Å². The zero-order valence-corrected chi connectivity index (χ0v) is 14.9. The van der Waals surface area contributed by atoms with Crippen LogP contribution < -0.4 is 5.75 Å². The Bertz CT molecular complexity index is 1040. The summed E-state index contributed by atoms with van der Waals surface area (Å²) in [6.07, 6.45) is 0. The quantitative estimate of drug-likeness (QED) is 0.423. The Balaban J connectivity index is 1.90. The van der Waals surface area contributed by atoms with Crippen LogP contribution in [0.2, 0.25) is 5.02 Å². The first-order chi connectivity index (χ1) is 12.7. The summed E-state index contributed by atoms with van der Waals surface area (Å²) in [4.78, 5) is 4.45. The molecule has 0 aliphatic heterocycles. The monoisotopic (exact) mass is 361 g/mol. The first kappa shape index (κ1) is 16.4. The molecule has 0 radical (unpaired) electrons. The molecule has 0 aliphatic carbocycles. The topological polar surface area (TPSA) is 38.6 Å². The number of hydrogen-bond donors (Lipinski definition) is 0. The third kappa shape index (κ3) is 3.35. The van der Waals surface area contributed by atoms with Crippen LogP contribution in [-0.2, 0) is 0 Å². The molecule has 3 nitrogen and oxygen atoms in total. The fraction of sp³-hybridized carbons (Fsp3) is 0.0455. The molecule has 0 aliphatic rings. The van der Waals surface area contributed by atoms with E-state index in [1.165, 1.54) is 0 Å². The molecule has 128 valence electrons. The van der Waals surface area contributed by atoms with Crippen LogP contribution in [0.4, 0.5) is 5.69 Å². The number of halogens is 1. The number of hydrogen-bond acceptors (Lipinski definition) is 3. The standard InChI is InChI=1S/C22H16ClNO2/c1-15-12-13-19(18(23)14-15)24-22-25-20(16-8-4-2-5-9-16)21(26-22)17-10-6-3-7-11-17/h2-14H,1H3. The van der Waals surface area contributed by atoms with Gasteiger partial charge >= 0.3 is 5.75 Å². The van der Waals surface area contributed by atoms with Crippen LogP contribution >= 0.6 is 11.6 Å². The summed E-state index contributed by atoms with van der Waals surface area (Å²) in [5.41, 5.74) is 3.52. The molecule has 0 spiro atoms. The van der Waals surface area contributed by atoms with E-state index in [0.717, 1.165) is 16.7 Å². The second-order valence-corrected chi connectivity index (χ2v) is 6.33. The van der Waals surface area contributed by atoms with Crippen molar-refractivity contribution in [1.82, 2.24) is 0 Å². The van der Waals surface area contributed by atoms with Crippen molar-refractivity contribution in [3.05, 3.63) is 95.2 Å². The Morgan fingerprint density at radius 2 is 1.27 bits per heavy atom. The molecular weight excluding hydrogens is 346 g/mol. The second kappa shape index (κ2) is 7.06. The van der Waals surface area contributed by atoms with Gasteiger partial charge in [-0.2, -0.15) is 4.99 Å². The highest BCUT2D eigenvalue weighted by atomic mass is 35.5. The summed E-state index contributed by atoms with van der Waals surface area (Å²) < 4.78 is 11.9. The lowest BCUT2D eigenvalue weighted by atomic mass is 10.1. The van der Waals surface area contributed by atoms with E-state index in [-0.39, 0.29) is 5.75 Å². The van der Waals surface area contributed by atoms with Gasteiger partial charge in [0.15, 0.2) is 11.5 Å². The largest absolute Gasteiger partial charge is 0.406 e. The minimum atomic E-state index is 0.161. The molecule has 0 saturated carbocycles. The van der Waals surface area contributed by atoms with Crippen molar-refractivity contribution < 1.29 is 8.83 Å². The zero-order chi connectivity index (χ0) is 17.9. The smallest absolute Gasteiger partial charge is 0.400 e. The summed E-state index contributed by atoms with van der Waals surface area (Å²) in [7, 11) is 0. The molecule has 3 aromatic carbocycles. The Kier molecular flexibility index (Phi) is 4.46. The van der Waals surface area contributed by atoms with Gasteiger partial charge in [0.05, 0.1) is 10.7 Å². The maximum absolute atomic E-state index is 6.28. The lowest BCUT2D eigenvalue weighted by Gasteiger charge is -1.99. The van der Waals surface area contributed by atoms with E-state index < -0.39 is 0 Å². The van der Waals surface area contributed by atoms with Crippen LogP contribution in [-0.4, -0.2) is 0 Å². The van der Waals surface area contributed by atoms with Crippen molar-refractivity contribution in [2.75, 3.05) is 0 Å². The van der Waals surface area contributed by atoms with Gasteiger partial charge in [-0.05, 0) is 24.6 Å². The van der Waals surface area contributed by atoms with Gasteiger partial charge in [-0.3, -0.25) is 0 Å². The minimum absolute atomic E-state index is 0.161. The molecule has 0 saturated heterocycles. The van der Waals surface area contributed by atoms with Gasteiger partial charge in [0.2, 0.25) is 0 Å². The van der Waals surface area contributed by atoms with E-state index in [9.17, 15) is 0 Å². The summed E-state index contributed by atoms with van der Waals surface area (Å²) in [5.74, 6) is 1.44. The highest BCUT2D eigenvalue weighted by molar-refractivity contribution is 6.33. The molecule has 1 heterocycles. The first-order valence-corrected chi connectivity index (χ1v) is 8.64. The molecule has 0 unspecified atom stereocenters. The van der Waals surface area contributed by atoms with E-state index >= 15 is 0 Å². The second-order valence-electron chi connectivity index (χ2n) is 5.93. The molecule has 26 heavy (non-hydrogen) atoms. The molecule has 0 amide bonds. The fourth-order valence-corrected chi connectivity index (χ4v) is 2.97. The lowest BCUT2D eigenvalue weighted by Crippen LogP contribution is -1.92. The minimum Gasteiger partial charge on any atom is -0.406 e. The average Bonchev–Trinajstić information content (AvgIpc) is 3.09. The van der Waals surface area contributed by atoms with Crippen LogP contribution in [0.25, 0.3) is 22.6 Å². The van der Waals surface area contributed by atoms with Crippen molar-refractivity contribution in [1.29, 1.82) is 0 Å². The van der Waals surface area contributed by atoms with E-state index in [2.05, 4.69) is 4.99 Å². The van der Waals surface area contributed by atoms with Gasteiger partial charge in [-0.15, -0.1) is 0 Å². The van der Waals surface area contributed by atoms with Gasteiger partial charge in [0.25, 0.3) is 0 Å². The number of benzene rings is 3. The molecule has 1 aromatic heterocycles. The molecule has 4 heteroatoms. The van der Waals surface area contributed by atoms with E-state index in [0.29, 0.717) is 22.2 Å². The molecule has 4 aromatic rings. The number of aryl methyl sites for hydroxylation is 1. The predicted molar refractivity (Wildman–Crippen MR) is 103 cm³/mol. The number of rotatable bonds is 3. The molecule has 0 bridgehead atoms. The molecule has 0 atom stereocenters.